The molecule has 6 heteroatoms. The molecule has 0 fully saturated rings. The SMILES string of the molecule is CC(O)CNC(=O)c1ccc(Br)c(F)c1F. The molecule has 0 aliphatic heterocycles. The Hall–Kier alpha value is -1.01. The molecule has 1 aromatic carbocycles. The Bertz CT molecular complexity index is 410. The van der Waals surface area contributed by atoms with Gasteiger partial charge in [0.15, 0.2) is 11.6 Å². The highest BCUT2D eigenvalue weighted by Gasteiger charge is 2.17. The zero-order valence-electron chi connectivity index (χ0n) is 8.43. The van der Waals surface area contributed by atoms with E-state index in [4.69, 9.17) is 5.11 Å². The van der Waals surface area contributed by atoms with Crippen LogP contribution < -0.4 is 5.32 Å². The molecule has 0 bridgehead atoms. The first-order valence-electron chi connectivity index (χ1n) is 4.53. The zero-order valence-corrected chi connectivity index (χ0v) is 10.0. The van der Waals surface area contributed by atoms with Crippen LogP contribution in [0.25, 0.3) is 0 Å². The number of hydrogen-bond acceptors (Lipinski definition) is 2. The smallest absolute Gasteiger partial charge is 0.254 e. The van der Waals surface area contributed by atoms with Crippen molar-refractivity contribution < 1.29 is 18.7 Å². The maximum Gasteiger partial charge on any atom is 0.254 e. The van der Waals surface area contributed by atoms with Crippen LogP contribution in [0.15, 0.2) is 16.6 Å². The van der Waals surface area contributed by atoms with E-state index in [1.165, 1.54) is 19.1 Å². The van der Waals surface area contributed by atoms with Crippen molar-refractivity contribution in [3.8, 4) is 0 Å². The Morgan fingerprint density at radius 1 is 1.50 bits per heavy atom. The molecule has 0 saturated heterocycles. The van der Waals surface area contributed by atoms with Crippen LogP contribution >= 0.6 is 15.9 Å². The number of carbonyl (C=O) groups excluding carboxylic acids is 1. The lowest BCUT2D eigenvalue weighted by atomic mass is 10.2. The zero-order chi connectivity index (χ0) is 12.3. The van der Waals surface area contributed by atoms with Gasteiger partial charge in [-0.1, -0.05) is 0 Å². The summed E-state index contributed by atoms with van der Waals surface area (Å²) in [6.45, 7) is 1.45. The molecule has 0 aromatic heterocycles. The van der Waals surface area contributed by atoms with Crippen LogP contribution in [-0.4, -0.2) is 23.7 Å². The minimum absolute atomic E-state index is 0.0179. The van der Waals surface area contributed by atoms with Crippen LogP contribution in [0.3, 0.4) is 0 Å². The van der Waals surface area contributed by atoms with Crippen molar-refractivity contribution in [1.29, 1.82) is 0 Å². The summed E-state index contributed by atoms with van der Waals surface area (Å²) in [7, 11) is 0. The van der Waals surface area contributed by atoms with Crippen molar-refractivity contribution in [3.63, 3.8) is 0 Å². The van der Waals surface area contributed by atoms with Crippen LogP contribution in [0.2, 0.25) is 0 Å². The summed E-state index contributed by atoms with van der Waals surface area (Å²) in [6.07, 6.45) is -0.743. The van der Waals surface area contributed by atoms with Crippen molar-refractivity contribution in [1.82, 2.24) is 5.32 Å². The average molecular weight is 294 g/mol. The van der Waals surface area contributed by atoms with E-state index in [-0.39, 0.29) is 16.6 Å². The summed E-state index contributed by atoms with van der Waals surface area (Å²) in [5.74, 6) is -3.08. The van der Waals surface area contributed by atoms with Crippen molar-refractivity contribution in [2.24, 2.45) is 0 Å². The minimum atomic E-state index is -1.21. The maximum absolute atomic E-state index is 13.3. The molecule has 88 valence electrons. The number of rotatable bonds is 3. The molecule has 1 unspecified atom stereocenters. The van der Waals surface area contributed by atoms with Gasteiger partial charge in [-0.25, -0.2) is 8.78 Å². The number of halogens is 3. The van der Waals surface area contributed by atoms with Gasteiger partial charge in [0.2, 0.25) is 0 Å². The second-order valence-electron chi connectivity index (χ2n) is 3.28. The molecule has 1 amide bonds. The fourth-order valence-corrected chi connectivity index (χ4v) is 1.34. The third-order valence-corrected chi connectivity index (χ3v) is 2.45. The molecule has 16 heavy (non-hydrogen) atoms. The topological polar surface area (TPSA) is 49.3 Å². The minimum Gasteiger partial charge on any atom is -0.392 e. The number of hydrogen-bond donors (Lipinski definition) is 2. The van der Waals surface area contributed by atoms with E-state index in [0.717, 1.165) is 0 Å². The van der Waals surface area contributed by atoms with Gasteiger partial charge in [-0.05, 0) is 35.0 Å². The molecule has 1 rings (SSSR count). The van der Waals surface area contributed by atoms with Gasteiger partial charge >= 0.3 is 0 Å². The lowest BCUT2D eigenvalue weighted by Gasteiger charge is -2.08. The van der Waals surface area contributed by atoms with Crippen LogP contribution in [0.4, 0.5) is 8.78 Å². The molecule has 0 aliphatic rings. The van der Waals surface area contributed by atoms with E-state index >= 15 is 0 Å². The van der Waals surface area contributed by atoms with Gasteiger partial charge in [-0.15, -0.1) is 0 Å². The first-order chi connectivity index (χ1) is 7.43. The summed E-state index contributed by atoms with van der Waals surface area (Å²) >= 11 is 2.80. The molecule has 1 atom stereocenters. The fourth-order valence-electron chi connectivity index (χ4n) is 1.04. The Morgan fingerprint density at radius 3 is 2.69 bits per heavy atom. The van der Waals surface area contributed by atoms with Crippen molar-refractivity contribution in [3.05, 3.63) is 33.8 Å². The second-order valence-corrected chi connectivity index (χ2v) is 4.14. The monoisotopic (exact) mass is 293 g/mol. The molecule has 1 aromatic rings. The van der Waals surface area contributed by atoms with E-state index in [0.29, 0.717) is 0 Å². The van der Waals surface area contributed by atoms with Gasteiger partial charge in [0.1, 0.15) is 0 Å². The standard InChI is InChI=1S/C10H10BrF2NO2/c1-5(15)4-14-10(16)6-2-3-7(11)9(13)8(6)12/h2-3,5,15H,4H2,1H3,(H,14,16). The highest BCUT2D eigenvalue weighted by molar-refractivity contribution is 9.10. The molecule has 0 saturated carbocycles. The first kappa shape index (κ1) is 13.1. The van der Waals surface area contributed by atoms with Crippen molar-refractivity contribution in [2.45, 2.75) is 13.0 Å². The van der Waals surface area contributed by atoms with E-state index < -0.39 is 23.6 Å². The van der Waals surface area contributed by atoms with Gasteiger partial charge in [0.05, 0.1) is 16.1 Å². The average Bonchev–Trinajstić information content (AvgIpc) is 2.23. The van der Waals surface area contributed by atoms with Crippen molar-refractivity contribution >= 4 is 21.8 Å². The van der Waals surface area contributed by atoms with Gasteiger partial charge in [-0.2, -0.15) is 0 Å². The molecule has 3 nitrogen and oxygen atoms in total. The van der Waals surface area contributed by atoms with Crippen LogP contribution in [0, 0.1) is 11.6 Å². The lowest BCUT2D eigenvalue weighted by Crippen LogP contribution is -2.31. The number of aliphatic hydroxyl groups excluding tert-OH is 1. The second kappa shape index (κ2) is 5.36. The molecule has 0 heterocycles. The molecule has 0 aliphatic carbocycles. The Balaban J connectivity index is 2.88. The van der Waals surface area contributed by atoms with Crippen LogP contribution in [0.1, 0.15) is 17.3 Å². The van der Waals surface area contributed by atoms with E-state index in [1.54, 1.807) is 0 Å². The normalized spacial score (nSPS) is 12.3. The van der Waals surface area contributed by atoms with Gasteiger partial charge < -0.3 is 10.4 Å². The number of aliphatic hydroxyl groups is 1. The van der Waals surface area contributed by atoms with E-state index in [1.807, 2.05) is 0 Å². The summed E-state index contributed by atoms with van der Waals surface area (Å²) < 4.78 is 26.4. The van der Waals surface area contributed by atoms with Gasteiger partial charge in [0.25, 0.3) is 5.91 Å². The fraction of sp³-hybridized carbons (Fsp3) is 0.300. The van der Waals surface area contributed by atoms with Gasteiger partial charge in [0, 0.05) is 6.54 Å². The lowest BCUT2D eigenvalue weighted by molar-refractivity contribution is 0.0919. The van der Waals surface area contributed by atoms with E-state index in [2.05, 4.69) is 21.2 Å². The molecule has 2 N–H and O–H groups in total. The Labute approximate surface area is 99.6 Å². The van der Waals surface area contributed by atoms with Crippen LogP contribution in [0.5, 0.6) is 0 Å². The highest BCUT2D eigenvalue weighted by atomic mass is 79.9. The highest BCUT2D eigenvalue weighted by Crippen LogP contribution is 2.20. The van der Waals surface area contributed by atoms with Crippen molar-refractivity contribution in [2.75, 3.05) is 6.54 Å². The molecular formula is C10H10BrF2NO2. The maximum atomic E-state index is 13.3. The predicted octanol–water partition coefficient (Wildman–Crippen LogP) is 1.84. The summed E-state index contributed by atoms with van der Waals surface area (Å²) in [6, 6.07) is 2.41. The van der Waals surface area contributed by atoms with Gasteiger partial charge in [-0.3, -0.25) is 4.79 Å². The Morgan fingerprint density at radius 2 is 2.12 bits per heavy atom. The van der Waals surface area contributed by atoms with Crippen LogP contribution in [-0.2, 0) is 0 Å². The third-order valence-electron chi connectivity index (χ3n) is 1.84. The number of amides is 1. The number of carbonyl (C=O) groups is 1. The summed E-state index contributed by atoms with van der Waals surface area (Å²) in [4.78, 5) is 11.4. The number of benzene rings is 1. The molecular weight excluding hydrogens is 284 g/mol. The molecule has 0 spiro atoms. The third kappa shape index (κ3) is 2.99. The molecule has 0 radical (unpaired) electrons. The number of nitrogens with one attached hydrogen (secondary N) is 1. The summed E-state index contributed by atoms with van der Waals surface area (Å²) in [5.41, 5.74) is -0.388. The quantitative estimate of drug-likeness (QED) is 0.836. The largest absolute Gasteiger partial charge is 0.392 e. The Kier molecular flexibility index (Phi) is 4.37. The predicted molar refractivity (Wildman–Crippen MR) is 58.1 cm³/mol. The summed E-state index contributed by atoms with van der Waals surface area (Å²) in [5, 5.41) is 11.2. The first-order valence-corrected chi connectivity index (χ1v) is 5.32. The van der Waals surface area contributed by atoms with E-state index in [9.17, 15) is 13.6 Å².